The first-order valence-corrected chi connectivity index (χ1v) is 9.72. The maximum absolute atomic E-state index is 12.7. The van der Waals surface area contributed by atoms with Gasteiger partial charge in [-0.15, -0.1) is 0 Å². The largest absolute Gasteiger partial charge is 0.340 e. The van der Waals surface area contributed by atoms with Crippen molar-refractivity contribution in [2.45, 2.75) is 52.1 Å². The smallest absolute Gasteiger partial charge is 0.328 e. The quantitative estimate of drug-likeness (QED) is 0.778. The molecule has 2 aliphatic rings. The molecule has 1 aromatic heterocycles. The van der Waals surface area contributed by atoms with E-state index in [9.17, 15) is 19.2 Å². The van der Waals surface area contributed by atoms with Crippen molar-refractivity contribution >= 4 is 11.8 Å². The Hall–Kier alpha value is -2.38. The van der Waals surface area contributed by atoms with E-state index in [4.69, 9.17) is 0 Å². The van der Waals surface area contributed by atoms with Crippen LogP contribution in [0.5, 0.6) is 0 Å². The van der Waals surface area contributed by atoms with Crippen LogP contribution in [0, 0.1) is 11.8 Å². The molecule has 2 amide bonds. The highest BCUT2D eigenvalue weighted by Crippen LogP contribution is 2.32. The Kier molecular flexibility index (Phi) is 5.82. The lowest BCUT2D eigenvalue weighted by Gasteiger charge is -2.34. The molecule has 2 heterocycles. The molecule has 1 aromatic rings. The third-order valence-electron chi connectivity index (χ3n) is 5.46. The molecular weight excluding hydrogens is 348 g/mol. The van der Waals surface area contributed by atoms with Crippen LogP contribution in [0.2, 0.25) is 0 Å². The summed E-state index contributed by atoms with van der Waals surface area (Å²) < 4.78 is 1.32. The number of hydrogen-bond acceptors (Lipinski definition) is 4. The summed E-state index contributed by atoms with van der Waals surface area (Å²) in [4.78, 5) is 54.2. The number of amides is 2. The number of rotatable bonds is 6. The van der Waals surface area contributed by atoms with Crippen LogP contribution in [-0.4, -0.2) is 56.8 Å². The Bertz CT molecular complexity index is 808. The van der Waals surface area contributed by atoms with Gasteiger partial charge in [0.05, 0.1) is 6.04 Å². The van der Waals surface area contributed by atoms with Gasteiger partial charge in [-0.2, -0.15) is 0 Å². The maximum atomic E-state index is 12.7. The molecule has 2 fully saturated rings. The highest BCUT2D eigenvalue weighted by Gasteiger charge is 2.36. The number of aryl methyl sites for hydroxylation is 1. The van der Waals surface area contributed by atoms with Crippen LogP contribution in [0.15, 0.2) is 21.9 Å². The van der Waals surface area contributed by atoms with Crippen molar-refractivity contribution in [1.82, 2.24) is 19.4 Å². The van der Waals surface area contributed by atoms with E-state index in [0.717, 1.165) is 6.54 Å². The van der Waals surface area contributed by atoms with Crippen LogP contribution in [0.4, 0.5) is 0 Å². The van der Waals surface area contributed by atoms with Gasteiger partial charge in [0.2, 0.25) is 11.8 Å². The number of aromatic nitrogens is 2. The highest BCUT2D eigenvalue weighted by molar-refractivity contribution is 5.80. The summed E-state index contributed by atoms with van der Waals surface area (Å²) in [6.07, 6.45) is 4.28. The van der Waals surface area contributed by atoms with Crippen molar-refractivity contribution in [3.63, 3.8) is 0 Å². The SMILES string of the molecule is CC(C)C1CN(C(=O)CCn2ccc(=O)[nH]c2=O)CCC(=O)N1CC1CC1. The van der Waals surface area contributed by atoms with Crippen LogP contribution < -0.4 is 11.2 Å². The number of aromatic amines is 1. The molecule has 0 bridgehead atoms. The molecule has 27 heavy (non-hydrogen) atoms. The molecule has 1 N–H and O–H groups in total. The van der Waals surface area contributed by atoms with Gasteiger partial charge in [-0.05, 0) is 24.7 Å². The van der Waals surface area contributed by atoms with E-state index in [-0.39, 0.29) is 36.7 Å². The molecule has 1 atom stereocenters. The predicted molar refractivity (Wildman–Crippen MR) is 100 cm³/mol. The van der Waals surface area contributed by atoms with Crippen LogP contribution in [0.1, 0.15) is 39.5 Å². The molecule has 0 radical (unpaired) electrons. The predicted octanol–water partition coefficient (Wildman–Crippen LogP) is 0.422. The zero-order valence-electron chi connectivity index (χ0n) is 16.0. The Morgan fingerprint density at radius 1 is 1.26 bits per heavy atom. The second-order valence-electron chi connectivity index (χ2n) is 7.94. The minimum absolute atomic E-state index is 0.0281. The first kappa shape index (κ1) is 19.4. The molecule has 1 saturated heterocycles. The first-order chi connectivity index (χ1) is 12.8. The van der Waals surface area contributed by atoms with Gasteiger partial charge in [0.25, 0.3) is 5.56 Å². The first-order valence-electron chi connectivity index (χ1n) is 9.72. The number of nitrogens with one attached hydrogen (secondary N) is 1. The highest BCUT2D eigenvalue weighted by atomic mass is 16.2. The average Bonchev–Trinajstić information content (AvgIpc) is 3.43. The summed E-state index contributed by atoms with van der Waals surface area (Å²) in [6, 6.07) is 1.29. The Morgan fingerprint density at radius 2 is 2.00 bits per heavy atom. The molecule has 0 aromatic carbocycles. The molecule has 1 saturated carbocycles. The Balaban J connectivity index is 1.66. The molecule has 1 unspecified atom stereocenters. The van der Waals surface area contributed by atoms with Crippen LogP contribution in [-0.2, 0) is 16.1 Å². The van der Waals surface area contributed by atoms with Gasteiger partial charge in [0.15, 0.2) is 0 Å². The van der Waals surface area contributed by atoms with Gasteiger partial charge in [0.1, 0.15) is 0 Å². The van der Waals surface area contributed by atoms with E-state index in [1.54, 1.807) is 4.90 Å². The van der Waals surface area contributed by atoms with Gasteiger partial charge in [-0.1, -0.05) is 13.8 Å². The summed E-state index contributed by atoms with van der Waals surface area (Å²) in [5, 5.41) is 0. The fourth-order valence-electron chi connectivity index (χ4n) is 3.58. The molecule has 8 nitrogen and oxygen atoms in total. The van der Waals surface area contributed by atoms with Crippen LogP contribution >= 0.6 is 0 Å². The van der Waals surface area contributed by atoms with Crippen molar-refractivity contribution < 1.29 is 9.59 Å². The van der Waals surface area contributed by atoms with E-state index in [1.165, 1.54) is 29.7 Å². The average molecular weight is 376 g/mol. The summed E-state index contributed by atoms with van der Waals surface area (Å²) in [5.41, 5.74) is -0.971. The monoisotopic (exact) mass is 376 g/mol. The van der Waals surface area contributed by atoms with Gasteiger partial charge in [-0.3, -0.25) is 19.4 Å². The van der Waals surface area contributed by atoms with Crippen molar-refractivity contribution in [2.24, 2.45) is 11.8 Å². The van der Waals surface area contributed by atoms with E-state index in [0.29, 0.717) is 25.4 Å². The Morgan fingerprint density at radius 3 is 2.63 bits per heavy atom. The van der Waals surface area contributed by atoms with Gasteiger partial charge in [0, 0.05) is 51.3 Å². The van der Waals surface area contributed by atoms with Gasteiger partial charge >= 0.3 is 5.69 Å². The van der Waals surface area contributed by atoms with Crippen molar-refractivity contribution in [3.05, 3.63) is 33.1 Å². The van der Waals surface area contributed by atoms with Crippen LogP contribution in [0.25, 0.3) is 0 Å². The normalized spacial score (nSPS) is 20.9. The lowest BCUT2D eigenvalue weighted by Crippen LogP contribution is -2.48. The molecule has 8 heteroatoms. The molecule has 148 valence electrons. The molecular formula is C19H28N4O4. The second-order valence-corrected chi connectivity index (χ2v) is 7.94. The zero-order valence-corrected chi connectivity index (χ0v) is 16.0. The van der Waals surface area contributed by atoms with Crippen molar-refractivity contribution in [3.8, 4) is 0 Å². The molecule has 1 aliphatic carbocycles. The lowest BCUT2D eigenvalue weighted by molar-refractivity contribution is -0.134. The van der Waals surface area contributed by atoms with E-state index < -0.39 is 11.2 Å². The Labute approximate surface area is 158 Å². The van der Waals surface area contributed by atoms with Crippen LogP contribution in [0.3, 0.4) is 0 Å². The lowest BCUT2D eigenvalue weighted by atomic mass is 10.0. The summed E-state index contributed by atoms with van der Waals surface area (Å²) >= 11 is 0. The number of H-pyrrole nitrogens is 1. The third kappa shape index (κ3) is 4.87. The van der Waals surface area contributed by atoms with Crippen molar-refractivity contribution in [1.29, 1.82) is 0 Å². The fourth-order valence-corrected chi connectivity index (χ4v) is 3.58. The standard InChI is InChI=1S/C19H28N4O4/c1-13(2)15-12-22(10-7-18(26)23(15)11-14-3-4-14)17(25)6-9-21-8-5-16(24)20-19(21)27/h5,8,13-15H,3-4,6-7,9-12H2,1-2H3,(H,20,24,27). The second kappa shape index (κ2) is 8.10. The third-order valence-corrected chi connectivity index (χ3v) is 5.46. The van der Waals surface area contributed by atoms with E-state index in [2.05, 4.69) is 18.8 Å². The molecule has 3 rings (SSSR count). The summed E-state index contributed by atoms with van der Waals surface area (Å²) in [6.45, 7) is 6.14. The summed E-state index contributed by atoms with van der Waals surface area (Å²) in [7, 11) is 0. The number of nitrogens with zero attached hydrogens (tertiary/aromatic N) is 3. The number of hydrogen-bond donors (Lipinski definition) is 1. The fraction of sp³-hybridized carbons (Fsp3) is 0.684. The van der Waals surface area contributed by atoms with Gasteiger partial charge in [-0.25, -0.2) is 4.79 Å². The molecule has 1 aliphatic heterocycles. The minimum Gasteiger partial charge on any atom is -0.340 e. The minimum atomic E-state index is -0.517. The maximum Gasteiger partial charge on any atom is 0.328 e. The van der Waals surface area contributed by atoms with E-state index >= 15 is 0 Å². The molecule has 0 spiro atoms. The number of carbonyl (C=O) groups is 2. The van der Waals surface area contributed by atoms with Gasteiger partial charge < -0.3 is 14.4 Å². The number of carbonyl (C=O) groups excluding carboxylic acids is 2. The van der Waals surface area contributed by atoms with Crippen molar-refractivity contribution in [2.75, 3.05) is 19.6 Å². The van der Waals surface area contributed by atoms with E-state index in [1.807, 2.05) is 4.90 Å². The topological polar surface area (TPSA) is 95.5 Å². The zero-order chi connectivity index (χ0) is 19.6. The summed E-state index contributed by atoms with van der Waals surface area (Å²) in [5.74, 6) is 0.944.